The lowest BCUT2D eigenvalue weighted by Gasteiger charge is -1.97. The molecule has 0 atom stereocenters. The molecule has 66 valence electrons. The van der Waals surface area contributed by atoms with Crippen LogP contribution in [0.4, 0.5) is 0 Å². The second kappa shape index (κ2) is 3.72. The van der Waals surface area contributed by atoms with Crippen molar-refractivity contribution in [3.8, 4) is 0 Å². The van der Waals surface area contributed by atoms with Gasteiger partial charge < -0.3 is 4.74 Å². The van der Waals surface area contributed by atoms with Crippen LogP contribution in [0.1, 0.15) is 35.0 Å². The Morgan fingerprint density at radius 2 is 2.25 bits per heavy atom. The van der Waals surface area contributed by atoms with Crippen molar-refractivity contribution in [1.82, 2.24) is 0 Å². The highest BCUT2D eigenvalue weighted by molar-refractivity contribution is 7.12. The molecular formula is C9H12O2S. The van der Waals surface area contributed by atoms with Crippen LogP contribution in [0.25, 0.3) is 0 Å². The topological polar surface area (TPSA) is 26.3 Å². The Morgan fingerprint density at radius 1 is 1.58 bits per heavy atom. The van der Waals surface area contributed by atoms with Crippen LogP contribution in [0.5, 0.6) is 0 Å². The molecule has 0 radical (unpaired) electrons. The van der Waals surface area contributed by atoms with Crippen molar-refractivity contribution in [2.45, 2.75) is 19.8 Å². The van der Waals surface area contributed by atoms with E-state index in [4.69, 9.17) is 0 Å². The van der Waals surface area contributed by atoms with Crippen molar-refractivity contribution in [1.29, 1.82) is 0 Å². The number of ether oxygens (including phenoxy) is 1. The summed E-state index contributed by atoms with van der Waals surface area (Å²) in [5.74, 6) is 0.228. The van der Waals surface area contributed by atoms with Gasteiger partial charge in [-0.05, 0) is 22.9 Å². The lowest BCUT2D eigenvalue weighted by atomic mass is 10.1. The van der Waals surface area contributed by atoms with Crippen molar-refractivity contribution >= 4 is 17.3 Å². The van der Waals surface area contributed by atoms with E-state index < -0.39 is 0 Å². The Bertz CT molecular complexity index is 276. The van der Waals surface area contributed by atoms with Crippen LogP contribution in [0, 0.1) is 0 Å². The summed E-state index contributed by atoms with van der Waals surface area (Å²) in [5, 5.41) is 2.00. The van der Waals surface area contributed by atoms with E-state index in [0.29, 0.717) is 10.8 Å². The third-order valence-corrected chi connectivity index (χ3v) is 2.60. The molecule has 2 nitrogen and oxygen atoms in total. The van der Waals surface area contributed by atoms with Gasteiger partial charge in [-0.3, -0.25) is 0 Å². The molecule has 0 aliphatic heterocycles. The van der Waals surface area contributed by atoms with Gasteiger partial charge in [-0.25, -0.2) is 4.79 Å². The molecule has 0 saturated carbocycles. The molecule has 0 fully saturated rings. The minimum absolute atomic E-state index is 0.244. The lowest BCUT2D eigenvalue weighted by Crippen LogP contribution is -1.97. The van der Waals surface area contributed by atoms with Crippen molar-refractivity contribution in [3.63, 3.8) is 0 Å². The zero-order chi connectivity index (χ0) is 9.14. The Morgan fingerprint density at radius 3 is 2.67 bits per heavy atom. The van der Waals surface area contributed by atoms with E-state index in [9.17, 15) is 4.79 Å². The van der Waals surface area contributed by atoms with Gasteiger partial charge in [0.1, 0.15) is 4.88 Å². The molecule has 1 aromatic heterocycles. The third-order valence-electron chi connectivity index (χ3n) is 1.67. The summed E-state index contributed by atoms with van der Waals surface area (Å²) in [6.07, 6.45) is 0. The fourth-order valence-electron chi connectivity index (χ4n) is 0.861. The average molecular weight is 184 g/mol. The summed E-state index contributed by atoms with van der Waals surface area (Å²) in [4.78, 5) is 11.7. The van der Waals surface area contributed by atoms with Gasteiger partial charge in [-0.2, -0.15) is 0 Å². The Kier molecular flexibility index (Phi) is 2.87. The normalized spacial score (nSPS) is 10.3. The molecule has 1 heterocycles. The fourth-order valence-corrected chi connectivity index (χ4v) is 1.85. The highest BCUT2D eigenvalue weighted by Gasteiger charge is 2.09. The lowest BCUT2D eigenvalue weighted by molar-refractivity contribution is 0.0606. The molecule has 1 rings (SSSR count). The van der Waals surface area contributed by atoms with Crippen LogP contribution in [0.2, 0.25) is 0 Å². The largest absolute Gasteiger partial charge is 0.465 e. The second-order valence-electron chi connectivity index (χ2n) is 2.89. The minimum atomic E-state index is -0.244. The first-order chi connectivity index (χ1) is 5.65. The Balaban J connectivity index is 2.84. The summed E-state index contributed by atoms with van der Waals surface area (Å²) >= 11 is 1.44. The van der Waals surface area contributed by atoms with Crippen LogP contribution in [0.15, 0.2) is 11.4 Å². The molecule has 1 aromatic rings. The number of carbonyl (C=O) groups is 1. The standard InChI is InChI=1S/C9H12O2S/c1-6(2)7-4-8(12-5-7)9(10)11-3/h4-6H,1-3H3. The maximum atomic E-state index is 11.0. The van der Waals surface area contributed by atoms with E-state index in [-0.39, 0.29) is 5.97 Å². The van der Waals surface area contributed by atoms with Gasteiger partial charge in [-0.15, -0.1) is 11.3 Å². The molecular weight excluding hydrogens is 172 g/mol. The van der Waals surface area contributed by atoms with E-state index >= 15 is 0 Å². The van der Waals surface area contributed by atoms with Crippen LogP contribution in [-0.2, 0) is 4.74 Å². The summed E-state index contributed by atoms with van der Waals surface area (Å²) in [5.41, 5.74) is 1.19. The molecule has 0 bridgehead atoms. The van der Waals surface area contributed by atoms with Crippen molar-refractivity contribution < 1.29 is 9.53 Å². The molecule has 0 aromatic carbocycles. The first-order valence-electron chi connectivity index (χ1n) is 3.82. The van der Waals surface area contributed by atoms with E-state index in [1.165, 1.54) is 24.0 Å². The maximum Gasteiger partial charge on any atom is 0.348 e. The number of thiophene rings is 1. The van der Waals surface area contributed by atoms with Crippen LogP contribution in [0.3, 0.4) is 0 Å². The minimum Gasteiger partial charge on any atom is -0.465 e. The van der Waals surface area contributed by atoms with Gasteiger partial charge in [0.15, 0.2) is 0 Å². The zero-order valence-corrected chi connectivity index (χ0v) is 8.27. The summed E-state index contributed by atoms with van der Waals surface area (Å²) in [7, 11) is 1.40. The monoisotopic (exact) mass is 184 g/mol. The fraction of sp³-hybridized carbons (Fsp3) is 0.444. The zero-order valence-electron chi connectivity index (χ0n) is 7.46. The van der Waals surface area contributed by atoms with Gasteiger partial charge >= 0.3 is 5.97 Å². The van der Waals surface area contributed by atoms with Crippen LogP contribution in [-0.4, -0.2) is 13.1 Å². The van der Waals surface area contributed by atoms with E-state index in [0.717, 1.165) is 0 Å². The quantitative estimate of drug-likeness (QED) is 0.660. The van der Waals surface area contributed by atoms with Gasteiger partial charge in [-0.1, -0.05) is 13.8 Å². The van der Waals surface area contributed by atoms with Crippen molar-refractivity contribution in [3.05, 3.63) is 21.9 Å². The number of carbonyl (C=O) groups excluding carboxylic acids is 1. The molecule has 0 spiro atoms. The SMILES string of the molecule is COC(=O)c1cc(C(C)C)cs1. The average Bonchev–Trinajstić information content (AvgIpc) is 2.51. The first-order valence-corrected chi connectivity index (χ1v) is 4.70. The predicted molar refractivity (Wildman–Crippen MR) is 49.7 cm³/mol. The van der Waals surface area contributed by atoms with Crippen LogP contribution < -0.4 is 0 Å². The number of esters is 1. The van der Waals surface area contributed by atoms with Crippen molar-refractivity contribution in [2.24, 2.45) is 0 Å². The molecule has 0 aliphatic rings. The summed E-state index contributed by atoms with van der Waals surface area (Å²) in [6, 6.07) is 1.89. The Hall–Kier alpha value is -0.830. The molecule has 0 saturated heterocycles. The number of hydrogen-bond acceptors (Lipinski definition) is 3. The third kappa shape index (κ3) is 1.85. The van der Waals surface area contributed by atoms with Gasteiger partial charge in [0, 0.05) is 0 Å². The number of methoxy groups -OCH3 is 1. The highest BCUT2D eigenvalue weighted by atomic mass is 32.1. The molecule has 3 heteroatoms. The van der Waals surface area contributed by atoms with E-state index in [2.05, 4.69) is 18.6 Å². The predicted octanol–water partition coefficient (Wildman–Crippen LogP) is 2.66. The second-order valence-corrected chi connectivity index (χ2v) is 3.80. The molecule has 0 amide bonds. The summed E-state index contributed by atoms with van der Waals surface area (Å²) < 4.78 is 4.60. The molecule has 0 aliphatic carbocycles. The van der Waals surface area contributed by atoms with E-state index in [1.54, 1.807) is 0 Å². The Labute approximate surface area is 76.2 Å². The van der Waals surface area contributed by atoms with Crippen LogP contribution >= 0.6 is 11.3 Å². The number of hydrogen-bond donors (Lipinski definition) is 0. The van der Waals surface area contributed by atoms with Gasteiger partial charge in [0.2, 0.25) is 0 Å². The first kappa shape index (κ1) is 9.26. The van der Waals surface area contributed by atoms with Gasteiger partial charge in [0.05, 0.1) is 7.11 Å². The van der Waals surface area contributed by atoms with E-state index in [1.807, 2.05) is 11.4 Å². The number of rotatable bonds is 2. The molecule has 0 unspecified atom stereocenters. The summed E-state index contributed by atoms with van der Waals surface area (Å²) in [6.45, 7) is 4.20. The maximum absolute atomic E-state index is 11.0. The molecule has 12 heavy (non-hydrogen) atoms. The highest BCUT2D eigenvalue weighted by Crippen LogP contribution is 2.22. The van der Waals surface area contributed by atoms with Crippen molar-refractivity contribution in [2.75, 3.05) is 7.11 Å². The smallest absolute Gasteiger partial charge is 0.348 e. The molecule has 0 N–H and O–H groups in total. The van der Waals surface area contributed by atoms with Gasteiger partial charge in [0.25, 0.3) is 0 Å².